The Labute approximate surface area is 123 Å². The highest BCUT2D eigenvalue weighted by atomic mass is 32.1. The van der Waals surface area contributed by atoms with E-state index in [1.54, 1.807) is 17.5 Å². The quantitative estimate of drug-likeness (QED) is 0.917. The van der Waals surface area contributed by atoms with Crippen LogP contribution in [-0.2, 0) is 0 Å². The van der Waals surface area contributed by atoms with Gasteiger partial charge in [0.25, 0.3) is 5.91 Å². The maximum atomic E-state index is 12.4. The van der Waals surface area contributed by atoms with Crippen LogP contribution in [0.4, 0.5) is 0 Å². The van der Waals surface area contributed by atoms with Crippen molar-refractivity contribution in [1.82, 2.24) is 15.3 Å². The lowest BCUT2D eigenvalue weighted by molar-refractivity contribution is 0.0933. The molecule has 0 radical (unpaired) electrons. The normalized spacial score (nSPS) is 12.2. The van der Waals surface area contributed by atoms with Crippen LogP contribution in [0.3, 0.4) is 0 Å². The van der Waals surface area contributed by atoms with Crippen LogP contribution in [0, 0.1) is 13.8 Å². The summed E-state index contributed by atoms with van der Waals surface area (Å²) < 4.78 is 0. The fourth-order valence-corrected chi connectivity index (χ4v) is 2.92. The molecule has 2 heterocycles. The standard InChI is InChI=1S/C15H19N3OS/c1-4-6-13(14-7-5-8-20-14)18-15(19)12-9-16-11(3)17-10(12)2/h5,7-9,13H,4,6H2,1-3H3,(H,18,19)/t13-/m0/s1. The summed E-state index contributed by atoms with van der Waals surface area (Å²) in [4.78, 5) is 21.9. The summed E-state index contributed by atoms with van der Waals surface area (Å²) in [7, 11) is 0. The first-order chi connectivity index (χ1) is 9.61. The molecule has 0 fully saturated rings. The number of rotatable bonds is 5. The molecule has 0 unspecified atom stereocenters. The van der Waals surface area contributed by atoms with Crippen molar-refractivity contribution in [3.8, 4) is 0 Å². The van der Waals surface area contributed by atoms with Crippen LogP contribution in [0.5, 0.6) is 0 Å². The molecule has 2 aromatic heterocycles. The third-order valence-electron chi connectivity index (χ3n) is 3.11. The monoisotopic (exact) mass is 289 g/mol. The van der Waals surface area contributed by atoms with E-state index in [1.807, 2.05) is 25.3 Å². The summed E-state index contributed by atoms with van der Waals surface area (Å²) in [6.07, 6.45) is 3.55. The zero-order valence-corrected chi connectivity index (χ0v) is 12.8. The molecule has 0 spiro atoms. The number of nitrogens with one attached hydrogen (secondary N) is 1. The molecule has 0 aliphatic heterocycles. The van der Waals surface area contributed by atoms with Gasteiger partial charge in [-0.1, -0.05) is 19.4 Å². The van der Waals surface area contributed by atoms with Gasteiger partial charge in [0.05, 0.1) is 17.3 Å². The molecule has 0 bridgehead atoms. The van der Waals surface area contributed by atoms with Crippen molar-refractivity contribution < 1.29 is 4.79 Å². The Morgan fingerprint density at radius 1 is 1.45 bits per heavy atom. The van der Waals surface area contributed by atoms with E-state index in [2.05, 4.69) is 28.3 Å². The van der Waals surface area contributed by atoms with Crippen LogP contribution in [0.25, 0.3) is 0 Å². The largest absolute Gasteiger partial charge is 0.344 e. The van der Waals surface area contributed by atoms with Gasteiger partial charge in [0, 0.05) is 11.1 Å². The van der Waals surface area contributed by atoms with Gasteiger partial charge < -0.3 is 5.32 Å². The summed E-state index contributed by atoms with van der Waals surface area (Å²) in [6.45, 7) is 5.77. The maximum absolute atomic E-state index is 12.4. The number of carbonyl (C=O) groups is 1. The number of aryl methyl sites for hydroxylation is 2. The van der Waals surface area contributed by atoms with E-state index in [-0.39, 0.29) is 11.9 Å². The average molecular weight is 289 g/mol. The number of nitrogens with zero attached hydrogens (tertiary/aromatic N) is 2. The smallest absolute Gasteiger partial charge is 0.255 e. The van der Waals surface area contributed by atoms with Crippen LogP contribution >= 0.6 is 11.3 Å². The van der Waals surface area contributed by atoms with Crippen molar-refractivity contribution in [2.45, 2.75) is 39.7 Å². The van der Waals surface area contributed by atoms with E-state index in [4.69, 9.17) is 0 Å². The second-order valence-electron chi connectivity index (χ2n) is 4.75. The third-order valence-corrected chi connectivity index (χ3v) is 4.10. The molecule has 0 saturated heterocycles. The molecule has 2 rings (SSSR count). The molecule has 1 amide bonds. The topological polar surface area (TPSA) is 54.9 Å². The van der Waals surface area contributed by atoms with E-state index in [9.17, 15) is 4.79 Å². The van der Waals surface area contributed by atoms with Gasteiger partial charge in [-0.15, -0.1) is 11.3 Å². The molecule has 4 nitrogen and oxygen atoms in total. The van der Waals surface area contributed by atoms with Crippen LogP contribution in [0.2, 0.25) is 0 Å². The van der Waals surface area contributed by atoms with Crippen molar-refractivity contribution >= 4 is 17.2 Å². The van der Waals surface area contributed by atoms with Crippen molar-refractivity contribution in [3.05, 3.63) is 45.7 Å². The highest BCUT2D eigenvalue weighted by Gasteiger charge is 2.18. The fourth-order valence-electron chi connectivity index (χ4n) is 2.11. The summed E-state index contributed by atoms with van der Waals surface area (Å²) >= 11 is 1.67. The van der Waals surface area contributed by atoms with Crippen molar-refractivity contribution in [3.63, 3.8) is 0 Å². The van der Waals surface area contributed by atoms with Crippen molar-refractivity contribution in [2.24, 2.45) is 0 Å². The minimum absolute atomic E-state index is 0.0632. The van der Waals surface area contributed by atoms with Gasteiger partial charge in [-0.3, -0.25) is 4.79 Å². The minimum Gasteiger partial charge on any atom is -0.344 e. The van der Waals surface area contributed by atoms with Gasteiger partial charge in [-0.2, -0.15) is 0 Å². The molecule has 0 saturated carbocycles. The molecule has 0 aromatic carbocycles. The summed E-state index contributed by atoms with van der Waals surface area (Å²) in [5.41, 5.74) is 1.27. The Morgan fingerprint density at radius 2 is 2.25 bits per heavy atom. The van der Waals surface area contributed by atoms with Gasteiger partial charge in [0.1, 0.15) is 5.82 Å². The van der Waals surface area contributed by atoms with E-state index >= 15 is 0 Å². The first-order valence-corrected chi connectivity index (χ1v) is 7.64. The molecular weight excluding hydrogens is 270 g/mol. The number of thiophene rings is 1. The summed E-state index contributed by atoms with van der Waals surface area (Å²) in [6, 6.07) is 4.13. The number of hydrogen-bond donors (Lipinski definition) is 1. The van der Waals surface area contributed by atoms with Crippen molar-refractivity contribution in [2.75, 3.05) is 0 Å². The van der Waals surface area contributed by atoms with Crippen LogP contribution < -0.4 is 5.32 Å². The highest BCUT2D eigenvalue weighted by molar-refractivity contribution is 7.10. The average Bonchev–Trinajstić information content (AvgIpc) is 2.91. The Balaban J connectivity index is 2.16. The minimum atomic E-state index is -0.102. The number of hydrogen-bond acceptors (Lipinski definition) is 4. The summed E-state index contributed by atoms with van der Waals surface area (Å²) in [5, 5.41) is 5.12. The zero-order valence-electron chi connectivity index (χ0n) is 12.0. The summed E-state index contributed by atoms with van der Waals surface area (Å²) in [5.74, 6) is 0.580. The number of carbonyl (C=O) groups excluding carboxylic acids is 1. The third kappa shape index (κ3) is 3.42. The van der Waals surface area contributed by atoms with Crippen molar-refractivity contribution in [1.29, 1.82) is 0 Å². The Hall–Kier alpha value is -1.75. The zero-order chi connectivity index (χ0) is 14.5. The van der Waals surface area contributed by atoms with Gasteiger partial charge >= 0.3 is 0 Å². The number of aromatic nitrogens is 2. The molecule has 20 heavy (non-hydrogen) atoms. The van der Waals surface area contributed by atoms with E-state index in [0.717, 1.165) is 18.5 Å². The molecule has 1 atom stereocenters. The van der Waals surface area contributed by atoms with Gasteiger partial charge in [0.2, 0.25) is 0 Å². The Bertz CT molecular complexity index is 581. The van der Waals surface area contributed by atoms with Gasteiger partial charge in [-0.05, 0) is 31.7 Å². The molecule has 1 N–H and O–H groups in total. The number of amides is 1. The van der Waals surface area contributed by atoms with Crippen LogP contribution in [0.15, 0.2) is 23.7 Å². The first kappa shape index (κ1) is 14.7. The van der Waals surface area contributed by atoms with Crippen LogP contribution in [0.1, 0.15) is 52.6 Å². The van der Waals surface area contributed by atoms with E-state index in [0.29, 0.717) is 11.4 Å². The maximum Gasteiger partial charge on any atom is 0.255 e. The molecule has 2 aromatic rings. The van der Waals surface area contributed by atoms with Gasteiger partial charge in [0.15, 0.2) is 0 Å². The predicted molar refractivity (Wildman–Crippen MR) is 80.9 cm³/mol. The van der Waals surface area contributed by atoms with Gasteiger partial charge in [-0.25, -0.2) is 9.97 Å². The predicted octanol–water partition coefficient (Wildman–Crippen LogP) is 3.43. The first-order valence-electron chi connectivity index (χ1n) is 6.76. The Morgan fingerprint density at radius 3 is 2.85 bits per heavy atom. The molecule has 5 heteroatoms. The molecule has 0 aliphatic rings. The molecule has 0 aliphatic carbocycles. The van der Waals surface area contributed by atoms with E-state index < -0.39 is 0 Å². The molecular formula is C15H19N3OS. The lowest BCUT2D eigenvalue weighted by Crippen LogP contribution is -2.29. The lowest BCUT2D eigenvalue weighted by atomic mass is 10.1. The van der Waals surface area contributed by atoms with E-state index in [1.165, 1.54) is 4.88 Å². The second kappa shape index (κ2) is 6.61. The second-order valence-corrected chi connectivity index (χ2v) is 5.73. The van der Waals surface area contributed by atoms with Crippen LogP contribution in [-0.4, -0.2) is 15.9 Å². The highest BCUT2D eigenvalue weighted by Crippen LogP contribution is 2.23. The Kier molecular flexibility index (Phi) is 4.84. The lowest BCUT2D eigenvalue weighted by Gasteiger charge is -2.17. The fraction of sp³-hybridized carbons (Fsp3) is 0.400. The SMILES string of the molecule is CCC[C@H](NC(=O)c1cnc(C)nc1C)c1cccs1. The molecule has 106 valence electrons.